The van der Waals surface area contributed by atoms with Crippen molar-refractivity contribution >= 4 is 55.6 Å². The molecule has 2 aromatic carbocycles. The Kier molecular flexibility index (Phi) is 9.47. The third kappa shape index (κ3) is 6.59. The number of halogens is 3. The van der Waals surface area contributed by atoms with Gasteiger partial charge in [-0.1, -0.05) is 34.2 Å². The monoisotopic (exact) mass is 590 g/mol. The molecule has 0 aliphatic heterocycles. The van der Waals surface area contributed by atoms with Crippen LogP contribution in [0.2, 0.25) is 5.02 Å². The van der Waals surface area contributed by atoms with Crippen molar-refractivity contribution in [2.24, 2.45) is 0 Å². The molecule has 0 radical (unpaired) electrons. The van der Waals surface area contributed by atoms with E-state index in [1.54, 1.807) is 0 Å². The van der Waals surface area contributed by atoms with Gasteiger partial charge < -0.3 is 24.8 Å². The summed E-state index contributed by atoms with van der Waals surface area (Å²) in [5.41, 5.74) is -1.22. The van der Waals surface area contributed by atoms with Gasteiger partial charge in [-0.05, 0) is 42.5 Å². The molecule has 11 heteroatoms. The lowest BCUT2D eigenvalue weighted by Gasteiger charge is -2.23. The third-order valence-corrected chi connectivity index (χ3v) is 7.97. The molecule has 0 unspecified atom stereocenters. The predicted molar refractivity (Wildman–Crippen MR) is 122 cm³/mol. The summed E-state index contributed by atoms with van der Waals surface area (Å²) in [6, 6.07) is 9.70. The number of benzene rings is 2. The molecule has 166 valence electrons. The quantitative estimate of drug-likeness (QED) is 0.272. The van der Waals surface area contributed by atoms with Gasteiger partial charge in [-0.25, -0.2) is 8.42 Å². The summed E-state index contributed by atoms with van der Waals surface area (Å²) in [5, 5.41) is 28.3. The molecule has 0 heterocycles. The molecule has 3 N–H and O–H groups in total. The minimum atomic E-state index is -3.84. The molecule has 0 saturated carbocycles. The van der Waals surface area contributed by atoms with Crippen LogP contribution in [0.1, 0.15) is 0 Å². The fraction of sp³-hybridized carbons (Fsp3) is 0.368. The average Bonchev–Trinajstić information content (AvgIpc) is 2.76. The minimum absolute atomic E-state index is 0.0152. The topological polar surface area (TPSA) is 113 Å². The zero-order chi connectivity index (χ0) is 22.4. The molecule has 0 spiro atoms. The lowest BCUT2D eigenvalue weighted by atomic mass is 10.1. The highest BCUT2D eigenvalue weighted by atomic mass is 127. The van der Waals surface area contributed by atoms with E-state index in [2.05, 4.69) is 0 Å². The van der Waals surface area contributed by atoms with Gasteiger partial charge in [0.15, 0.2) is 0 Å². The first kappa shape index (κ1) is 25.4. The number of hydrogen-bond acceptors (Lipinski definition) is 7. The van der Waals surface area contributed by atoms with E-state index in [0.717, 1.165) is 0 Å². The number of hydrogen-bond donors (Lipinski definition) is 3. The summed E-state index contributed by atoms with van der Waals surface area (Å²) >= 11 is 13.9. The van der Waals surface area contributed by atoms with Crippen LogP contribution in [-0.2, 0) is 9.84 Å². The zero-order valence-electron chi connectivity index (χ0n) is 15.7. The van der Waals surface area contributed by atoms with Gasteiger partial charge in [-0.3, -0.25) is 0 Å². The molecule has 7 nitrogen and oxygen atoms in total. The van der Waals surface area contributed by atoms with E-state index in [0.29, 0.717) is 10.2 Å². The van der Waals surface area contributed by atoms with Crippen LogP contribution in [-0.4, -0.2) is 65.6 Å². The molecule has 2 aromatic rings. The third-order valence-electron chi connectivity index (χ3n) is 3.99. The van der Waals surface area contributed by atoms with Crippen molar-refractivity contribution in [3.63, 3.8) is 0 Å². The molecule has 0 amide bonds. The molecule has 0 aliphatic rings. The molecule has 0 bridgehead atoms. The summed E-state index contributed by atoms with van der Waals surface area (Å²) in [5.74, 6) is 0.569. The van der Waals surface area contributed by atoms with Crippen LogP contribution < -0.4 is 9.47 Å². The van der Waals surface area contributed by atoms with Crippen molar-refractivity contribution in [3.05, 3.63) is 47.5 Å². The van der Waals surface area contributed by atoms with Crippen LogP contribution >= 0.6 is 45.8 Å². The second-order valence-electron chi connectivity index (χ2n) is 6.49. The highest BCUT2D eigenvalue weighted by Crippen LogP contribution is 2.31. The molecule has 0 aliphatic carbocycles. The van der Waals surface area contributed by atoms with Crippen molar-refractivity contribution in [3.8, 4) is 11.5 Å². The second kappa shape index (κ2) is 11.2. The number of alkyl halides is 2. The Bertz CT molecular complexity index is 934. The van der Waals surface area contributed by atoms with Gasteiger partial charge in [0.1, 0.15) is 36.4 Å². The number of aliphatic hydroxyl groups is 3. The van der Waals surface area contributed by atoms with E-state index >= 15 is 0 Å². The van der Waals surface area contributed by atoms with Crippen molar-refractivity contribution in [2.75, 3.05) is 30.1 Å². The van der Waals surface area contributed by atoms with Gasteiger partial charge in [0.05, 0.1) is 27.3 Å². The fourth-order valence-corrected chi connectivity index (χ4v) is 4.75. The number of rotatable bonds is 11. The first-order chi connectivity index (χ1) is 14.1. The van der Waals surface area contributed by atoms with Gasteiger partial charge >= 0.3 is 0 Å². The normalized spacial score (nSPS) is 14.7. The Morgan fingerprint density at radius 1 is 1.10 bits per heavy atom. The minimum Gasteiger partial charge on any atom is -0.491 e. The zero-order valence-corrected chi connectivity index (χ0v) is 20.2. The van der Waals surface area contributed by atoms with E-state index in [1.165, 1.54) is 42.5 Å². The van der Waals surface area contributed by atoms with Crippen LogP contribution in [0.15, 0.2) is 52.3 Å². The highest BCUT2D eigenvalue weighted by Gasteiger charge is 2.26. The average molecular weight is 591 g/mol. The fourth-order valence-electron chi connectivity index (χ4n) is 2.19. The maximum Gasteiger partial charge on any atom is 0.206 e. The van der Waals surface area contributed by atoms with Gasteiger partial charge in [0.2, 0.25) is 9.84 Å². The molecule has 0 saturated heterocycles. The van der Waals surface area contributed by atoms with E-state index < -0.39 is 28.1 Å². The molecule has 30 heavy (non-hydrogen) atoms. The van der Waals surface area contributed by atoms with Crippen LogP contribution in [0.4, 0.5) is 0 Å². The molecule has 0 aromatic heterocycles. The lowest BCUT2D eigenvalue weighted by molar-refractivity contribution is 0.0385. The van der Waals surface area contributed by atoms with Gasteiger partial charge in [-0.15, -0.1) is 11.6 Å². The molecular weight excluding hydrogens is 570 g/mol. The Balaban J connectivity index is 2.15. The van der Waals surface area contributed by atoms with E-state index in [1.807, 2.05) is 22.6 Å². The SMILES string of the molecule is O=S(=O)(c1ccc(OC[C@H](O)CO)cc1)c1ccc(OC[C@@](O)(CCl)CI)c(Cl)c1. The molecule has 2 rings (SSSR count). The van der Waals surface area contributed by atoms with Gasteiger partial charge in [0, 0.05) is 4.43 Å². The standard InChI is InChI=1S/C19H21Cl2IO7S/c20-10-19(25,11-22)12-29-18-6-5-16(7-17(18)21)30(26,27)15-3-1-14(2-4-15)28-9-13(24)8-23/h1-7,13,23-25H,8-12H2/t13-,19-/m1/s1. The molecule has 2 atom stereocenters. The van der Waals surface area contributed by atoms with Crippen molar-refractivity contribution in [1.29, 1.82) is 0 Å². The second-order valence-corrected chi connectivity index (χ2v) is 9.88. The van der Waals surface area contributed by atoms with Crippen LogP contribution in [0.5, 0.6) is 11.5 Å². The predicted octanol–water partition coefficient (Wildman–Crippen LogP) is 2.69. The first-order valence-corrected chi connectivity index (χ1v) is 12.6. The van der Waals surface area contributed by atoms with Gasteiger partial charge in [0.25, 0.3) is 0 Å². The summed E-state index contributed by atoms with van der Waals surface area (Å²) in [6.07, 6.45) is -1.02. The molecular formula is C19H21Cl2IO7S. The summed E-state index contributed by atoms with van der Waals surface area (Å²) in [7, 11) is -3.84. The smallest absolute Gasteiger partial charge is 0.206 e. The van der Waals surface area contributed by atoms with Crippen molar-refractivity contribution < 1.29 is 33.2 Å². The maximum atomic E-state index is 12.9. The van der Waals surface area contributed by atoms with E-state index in [4.69, 9.17) is 37.8 Å². The van der Waals surface area contributed by atoms with Crippen molar-refractivity contribution in [1.82, 2.24) is 0 Å². The Morgan fingerprint density at radius 3 is 2.27 bits per heavy atom. The van der Waals surface area contributed by atoms with Crippen molar-refractivity contribution in [2.45, 2.75) is 21.5 Å². The van der Waals surface area contributed by atoms with E-state index in [9.17, 15) is 18.6 Å². The van der Waals surface area contributed by atoms with E-state index in [-0.39, 0.29) is 39.7 Å². The Morgan fingerprint density at radius 2 is 1.73 bits per heavy atom. The summed E-state index contributed by atoms with van der Waals surface area (Å²) in [6.45, 7) is -0.635. The number of ether oxygens (including phenoxy) is 2. The highest BCUT2D eigenvalue weighted by molar-refractivity contribution is 14.1. The molecule has 0 fully saturated rings. The summed E-state index contributed by atoms with van der Waals surface area (Å²) in [4.78, 5) is 0.00874. The van der Waals surface area contributed by atoms with Crippen LogP contribution in [0.25, 0.3) is 0 Å². The Hall–Kier alpha value is -0.820. The first-order valence-electron chi connectivity index (χ1n) is 8.69. The summed E-state index contributed by atoms with van der Waals surface area (Å²) < 4.78 is 36.9. The van der Waals surface area contributed by atoms with Gasteiger partial charge in [-0.2, -0.15) is 0 Å². The lowest BCUT2D eigenvalue weighted by Crippen LogP contribution is -2.39. The Labute approximate surface area is 198 Å². The maximum absolute atomic E-state index is 12.9. The van der Waals surface area contributed by atoms with Crippen LogP contribution in [0, 0.1) is 0 Å². The number of aliphatic hydroxyl groups excluding tert-OH is 2. The van der Waals surface area contributed by atoms with Crippen LogP contribution in [0.3, 0.4) is 0 Å². The largest absolute Gasteiger partial charge is 0.491 e. The number of sulfone groups is 1.